The second-order valence-electron chi connectivity index (χ2n) is 6.02. The van der Waals surface area contributed by atoms with Crippen LogP contribution in [0.15, 0.2) is 31.0 Å². The molecule has 3 aromatic rings. The van der Waals surface area contributed by atoms with E-state index in [1.54, 1.807) is 12.3 Å². The molecule has 0 amide bonds. The third-order valence-corrected chi connectivity index (χ3v) is 4.37. The Morgan fingerprint density at radius 3 is 3.12 bits per heavy atom. The summed E-state index contributed by atoms with van der Waals surface area (Å²) in [7, 11) is 0. The van der Waals surface area contributed by atoms with Gasteiger partial charge in [0.05, 0.1) is 11.9 Å². The van der Waals surface area contributed by atoms with Gasteiger partial charge in [0.1, 0.15) is 24.7 Å². The normalized spacial score (nSPS) is 33.7. The van der Waals surface area contributed by atoms with E-state index >= 15 is 0 Å². The molecule has 1 aliphatic carbocycles. The predicted octanol–water partition coefficient (Wildman–Crippen LogP) is 3.14. The second-order valence-corrected chi connectivity index (χ2v) is 6.02. The van der Waals surface area contributed by atoms with Gasteiger partial charge in [-0.05, 0) is 30.6 Å². The standard InChI is InChI=1S/C19H22N6O/c1-13-3-4-14(7-13)17(9-20-2)25-10-15(8-23-25)18-16-5-6-24(12-26)19(16)22-11-21-18/h5-6,8,10-11,13-14,17,26H,3-4,7,9,12H2,1H3/t13?,14?,17-/m1/s1/i3D2,4D2,7D2,13D. The van der Waals surface area contributed by atoms with Crippen LogP contribution in [0.3, 0.4) is 0 Å². The molecule has 26 heavy (non-hydrogen) atoms. The van der Waals surface area contributed by atoms with Crippen molar-refractivity contribution in [3.8, 4) is 11.3 Å². The van der Waals surface area contributed by atoms with Gasteiger partial charge in [-0.15, -0.1) is 0 Å². The molecule has 7 nitrogen and oxygen atoms in total. The lowest BCUT2D eigenvalue weighted by Gasteiger charge is -2.19. The first-order valence-electron chi connectivity index (χ1n) is 11.6. The minimum atomic E-state index is -2.81. The van der Waals surface area contributed by atoms with E-state index in [4.69, 9.17) is 16.2 Å². The van der Waals surface area contributed by atoms with Crippen molar-refractivity contribution < 1.29 is 14.7 Å². The molecule has 0 aliphatic heterocycles. The van der Waals surface area contributed by atoms with E-state index in [1.165, 1.54) is 28.0 Å². The van der Waals surface area contributed by atoms with Crippen LogP contribution in [0, 0.1) is 18.4 Å². The maximum Gasteiger partial charge on any atom is 0.237 e. The minimum Gasteiger partial charge on any atom is -0.376 e. The Bertz CT molecular complexity index is 1220. The summed E-state index contributed by atoms with van der Waals surface area (Å²) in [6.45, 7) is 7.79. The molecule has 3 aromatic heterocycles. The molecule has 1 fully saturated rings. The summed E-state index contributed by atoms with van der Waals surface area (Å²) < 4.78 is 61.6. The van der Waals surface area contributed by atoms with Crippen molar-refractivity contribution in [3.63, 3.8) is 0 Å². The minimum absolute atomic E-state index is 0.272. The molecule has 0 bridgehead atoms. The molecular formula is C19H22N6O. The fourth-order valence-corrected chi connectivity index (χ4v) is 3.11. The van der Waals surface area contributed by atoms with E-state index in [2.05, 4.69) is 19.9 Å². The Balaban J connectivity index is 1.82. The monoisotopic (exact) mass is 357 g/mol. The van der Waals surface area contributed by atoms with E-state index in [9.17, 15) is 5.11 Å². The highest BCUT2D eigenvalue weighted by atomic mass is 16.3. The van der Waals surface area contributed by atoms with Crippen LogP contribution in [0.5, 0.6) is 0 Å². The van der Waals surface area contributed by atoms with Gasteiger partial charge >= 0.3 is 0 Å². The van der Waals surface area contributed by atoms with Crippen LogP contribution in [-0.4, -0.2) is 36.0 Å². The second kappa shape index (κ2) is 6.89. The van der Waals surface area contributed by atoms with E-state index in [-0.39, 0.29) is 13.3 Å². The summed E-state index contributed by atoms with van der Waals surface area (Å²) in [6.07, 6.45) is -2.22. The van der Waals surface area contributed by atoms with Crippen molar-refractivity contribution in [3.05, 3.63) is 42.4 Å². The van der Waals surface area contributed by atoms with Gasteiger partial charge < -0.3 is 14.5 Å². The van der Waals surface area contributed by atoms with Gasteiger partial charge in [0, 0.05) is 32.9 Å². The number of rotatable bonds is 5. The lowest BCUT2D eigenvalue weighted by Crippen LogP contribution is -2.20. The summed E-state index contributed by atoms with van der Waals surface area (Å²) in [6, 6.07) is 0.561. The Morgan fingerprint density at radius 1 is 1.50 bits per heavy atom. The van der Waals surface area contributed by atoms with Crippen LogP contribution in [0.2, 0.25) is 0 Å². The Labute approximate surface area is 162 Å². The third-order valence-electron chi connectivity index (χ3n) is 4.37. The molecule has 0 radical (unpaired) electrons. The number of hydrogen-bond acceptors (Lipinski definition) is 4. The van der Waals surface area contributed by atoms with Crippen LogP contribution in [-0.2, 0) is 6.73 Å². The molecule has 4 rings (SSSR count). The molecule has 134 valence electrons. The molecule has 1 saturated carbocycles. The van der Waals surface area contributed by atoms with Crippen LogP contribution in [0.4, 0.5) is 0 Å². The van der Waals surface area contributed by atoms with Crippen molar-refractivity contribution in [1.82, 2.24) is 24.3 Å². The zero-order valence-corrected chi connectivity index (χ0v) is 14.1. The maximum absolute atomic E-state index is 9.47. The van der Waals surface area contributed by atoms with Gasteiger partial charge in [0.2, 0.25) is 6.54 Å². The van der Waals surface area contributed by atoms with Crippen molar-refractivity contribution in [2.45, 2.75) is 38.8 Å². The Kier molecular flexibility index (Phi) is 2.76. The molecule has 1 N–H and O–H groups in total. The van der Waals surface area contributed by atoms with Gasteiger partial charge in [-0.3, -0.25) is 4.68 Å². The first-order valence-corrected chi connectivity index (χ1v) is 8.11. The lowest BCUT2D eigenvalue weighted by molar-refractivity contribution is 0.215. The van der Waals surface area contributed by atoms with Crippen molar-refractivity contribution in [2.24, 2.45) is 11.8 Å². The van der Waals surface area contributed by atoms with Gasteiger partial charge in [-0.2, -0.15) is 5.10 Å². The molecule has 0 aromatic carbocycles. The molecule has 3 heterocycles. The lowest BCUT2D eigenvalue weighted by atomic mass is 9.97. The van der Waals surface area contributed by atoms with Gasteiger partial charge in [-0.1, -0.05) is 13.3 Å². The van der Waals surface area contributed by atoms with E-state index in [1.807, 2.05) is 0 Å². The van der Waals surface area contributed by atoms with Crippen LogP contribution in [0.1, 0.15) is 41.7 Å². The first-order chi connectivity index (χ1) is 15.3. The molecule has 7 heteroatoms. The molecule has 0 spiro atoms. The quantitative estimate of drug-likeness (QED) is 0.712. The van der Waals surface area contributed by atoms with Crippen molar-refractivity contribution in [1.29, 1.82) is 0 Å². The molecule has 2 unspecified atom stereocenters. The maximum atomic E-state index is 9.47. The van der Waals surface area contributed by atoms with Crippen LogP contribution >= 0.6 is 0 Å². The summed E-state index contributed by atoms with van der Waals surface area (Å²) >= 11 is 0. The SMILES string of the molecule is [2H]C1([2H])C([C@@H](C[N+]#[C-])n2cc(-c3ncnc4c3ccn4CO)cn2)C([2H])([2H])C([2H])(C)C1([2H])[2H]. The van der Waals surface area contributed by atoms with Crippen LogP contribution < -0.4 is 0 Å². The van der Waals surface area contributed by atoms with E-state index in [0.29, 0.717) is 22.3 Å². The summed E-state index contributed by atoms with van der Waals surface area (Å²) in [5, 5.41) is 14.4. The summed E-state index contributed by atoms with van der Waals surface area (Å²) in [4.78, 5) is 11.8. The number of aliphatic hydroxyl groups excluding tert-OH is 1. The highest BCUT2D eigenvalue weighted by molar-refractivity contribution is 5.90. The first kappa shape index (κ1) is 10.4. The van der Waals surface area contributed by atoms with Gasteiger partial charge in [-0.25, -0.2) is 16.5 Å². The number of aliphatic hydroxyl groups is 1. The third kappa shape index (κ3) is 2.86. The largest absolute Gasteiger partial charge is 0.376 e. The van der Waals surface area contributed by atoms with Gasteiger partial charge in [0.25, 0.3) is 0 Å². The number of hydrogen-bond donors (Lipinski definition) is 1. The fraction of sp³-hybridized carbons (Fsp3) is 0.474. The Hall–Kier alpha value is -2.72. The van der Waals surface area contributed by atoms with Gasteiger partial charge in [0.15, 0.2) is 0 Å². The molecule has 1 aliphatic rings. The fourth-order valence-electron chi connectivity index (χ4n) is 3.11. The highest BCUT2D eigenvalue weighted by Gasteiger charge is 2.32. The molecule has 3 atom stereocenters. The average Bonchev–Trinajstić information content (AvgIpc) is 3.40. The smallest absolute Gasteiger partial charge is 0.237 e. The Morgan fingerprint density at radius 2 is 2.38 bits per heavy atom. The summed E-state index contributed by atoms with van der Waals surface area (Å²) in [5.74, 6) is -4.04. The highest BCUT2D eigenvalue weighted by Crippen LogP contribution is 2.38. The summed E-state index contributed by atoms with van der Waals surface area (Å²) in [5.41, 5.74) is 1.48. The van der Waals surface area contributed by atoms with Crippen molar-refractivity contribution in [2.75, 3.05) is 6.54 Å². The number of aromatic nitrogens is 5. The molecule has 0 saturated heterocycles. The number of nitrogens with zero attached hydrogens (tertiary/aromatic N) is 6. The zero-order chi connectivity index (χ0) is 24.4. The van der Waals surface area contributed by atoms with Crippen LogP contribution in [0.25, 0.3) is 27.1 Å². The van der Waals surface area contributed by atoms with E-state index < -0.39 is 37.0 Å². The zero-order valence-electron chi connectivity index (χ0n) is 21.1. The predicted molar refractivity (Wildman–Crippen MR) is 98.0 cm³/mol. The van der Waals surface area contributed by atoms with Crippen molar-refractivity contribution >= 4 is 11.0 Å². The number of fused-ring (bicyclic) bond motifs is 1. The average molecular weight is 357 g/mol. The topological polar surface area (TPSA) is 73.1 Å². The molecular weight excluding hydrogens is 328 g/mol. The van der Waals surface area contributed by atoms with E-state index in [0.717, 1.165) is 6.92 Å².